The van der Waals surface area contributed by atoms with E-state index < -0.39 is 5.60 Å². The molecule has 0 saturated carbocycles. The minimum absolute atomic E-state index is 0.0848. The van der Waals surface area contributed by atoms with Crippen LogP contribution in [0.1, 0.15) is 38.8 Å². The maximum absolute atomic E-state index is 13.8. The Bertz CT molecular complexity index is 1340. The fraction of sp³-hybridized carbons (Fsp3) is 0.269. The Hall–Kier alpha value is -3.67. The number of ether oxygens (including phenoxy) is 2. The first-order valence-corrected chi connectivity index (χ1v) is 10.4. The number of phenols is 2. The van der Waals surface area contributed by atoms with Crippen molar-refractivity contribution in [3.8, 4) is 34.3 Å². The fourth-order valence-electron chi connectivity index (χ4n) is 3.78. The van der Waals surface area contributed by atoms with Crippen molar-refractivity contribution in [1.82, 2.24) is 0 Å². The Morgan fingerprint density at radius 1 is 1.19 bits per heavy atom. The summed E-state index contributed by atoms with van der Waals surface area (Å²) >= 11 is 0. The Kier molecular flexibility index (Phi) is 5.25. The average Bonchev–Trinajstić information content (AvgIpc) is 2.71. The molecule has 2 aromatic carbocycles. The normalized spacial score (nSPS) is 14.0. The van der Waals surface area contributed by atoms with E-state index in [0.717, 1.165) is 5.57 Å². The van der Waals surface area contributed by atoms with Gasteiger partial charge in [0, 0.05) is 17.7 Å². The van der Waals surface area contributed by atoms with E-state index in [0.29, 0.717) is 45.6 Å². The van der Waals surface area contributed by atoms with Crippen LogP contribution in [0.2, 0.25) is 0 Å². The lowest BCUT2D eigenvalue weighted by Crippen LogP contribution is -2.28. The number of allylic oxidation sites excluding steroid dienone is 2. The number of phenolic OH excluding ortho intramolecular Hbond substituents is 2. The van der Waals surface area contributed by atoms with Crippen LogP contribution in [0.4, 0.5) is 0 Å². The summed E-state index contributed by atoms with van der Waals surface area (Å²) in [4.78, 5) is 13.8. The van der Waals surface area contributed by atoms with E-state index in [-0.39, 0.29) is 22.7 Å². The predicted octanol–water partition coefficient (Wildman–Crippen LogP) is 5.57. The summed E-state index contributed by atoms with van der Waals surface area (Å²) in [6.45, 7) is 7.71. The van der Waals surface area contributed by atoms with Gasteiger partial charge in [-0.05, 0) is 58.4 Å². The van der Waals surface area contributed by atoms with Gasteiger partial charge >= 0.3 is 0 Å². The SMILES string of the molecule is COc1cc2oc(-c3ccc(O)cc3O)c(CC=C(C)C)c(=O)c2c2c1C=CC(C)(C)O2. The molecule has 0 unspecified atom stereocenters. The van der Waals surface area contributed by atoms with Gasteiger partial charge in [-0.2, -0.15) is 0 Å². The molecule has 1 aliphatic heterocycles. The van der Waals surface area contributed by atoms with Crippen LogP contribution in [-0.2, 0) is 6.42 Å². The Balaban J connectivity index is 2.11. The van der Waals surface area contributed by atoms with Gasteiger partial charge in [-0.3, -0.25) is 4.79 Å². The summed E-state index contributed by atoms with van der Waals surface area (Å²) in [5.41, 5.74) is 1.88. The summed E-state index contributed by atoms with van der Waals surface area (Å²) in [6, 6.07) is 5.84. The lowest BCUT2D eigenvalue weighted by Gasteiger charge is -2.29. The third-order valence-electron chi connectivity index (χ3n) is 5.41. The lowest BCUT2D eigenvalue weighted by molar-refractivity contribution is 0.160. The van der Waals surface area contributed by atoms with Crippen LogP contribution in [0.15, 0.2) is 51.2 Å². The molecule has 0 bridgehead atoms. The van der Waals surface area contributed by atoms with Crippen LogP contribution >= 0.6 is 0 Å². The number of aromatic hydroxyl groups is 2. The molecule has 0 aliphatic carbocycles. The first-order valence-electron chi connectivity index (χ1n) is 10.4. The third-order valence-corrected chi connectivity index (χ3v) is 5.41. The first kappa shape index (κ1) is 21.6. The van der Waals surface area contributed by atoms with Gasteiger partial charge < -0.3 is 24.1 Å². The van der Waals surface area contributed by atoms with Crippen LogP contribution in [0.3, 0.4) is 0 Å². The number of rotatable bonds is 4. The molecular weight excluding hydrogens is 408 g/mol. The highest BCUT2D eigenvalue weighted by Gasteiger charge is 2.29. The molecule has 0 saturated heterocycles. The second-order valence-electron chi connectivity index (χ2n) is 8.66. The van der Waals surface area contributed by atoms with E-state index in [4.69, 9.17) is 13.9 Å². The Labute approximate surface area is 186 Å². The van der Waals surface area contributed by atoms with E-state index in [1.165, 1.54) is 18.2 Å². The highest BCUT2D eigenvalue weighted by atomic mass is 16.5. The van der Waals surface area contributed by atoms with Crippen LogP contribution in [0.25, 0.3) is 28.4 Å². The highest BCUT2D eigenvalue weighted by molar-refractivity contribution is 5.93. The van der Waals surface area contributed by atoms with E-state index in [2.05, 4.69) is 0 Å². The number of fused-ring (bicyclic) bond motifs is 3. The standard InChI is InChI=1S/C26H26O6/c1-14(2)6-8-18-23(29)22-21(31-24(18)16-9-7-15(27)12-19(16)28)13-20(30-5)17-10-11-26(3,4)32-25(17)22/h6-7,9-13,27-28H,8H2,1-5H3. The van der Waals surface area contributed by atoms with E-state index in [1.807, 2.05) is 45.9 Å². The van der Waals surface area contributed by atoms with Gasteiger partial charge in [0.15, 0.2) is 0 Å². The zero-order valence-electron chi connectivity index (χ0n) is 18.8. The minimum Gasteiger partial charge on any atom is -0.508 e. The third kappa shape index (κ3) is 3.73. The van der Waals surface area contributed by atoms with Crippen molar-refractivity contribution in [3.05, 3.63) is 63.3 Å². The minimum atomic E-state index is -0.604. The lowest BCUT2D eigenvalue weighted by atomic mass is 9.96. The molecule has 0 amide bonds. The van der Waals surface area contributed by atoms with Gasteiger partial charge in [0.2, 0.25) is 5.43 Å². The largest absolute Gasteiger partial charge is 0.508 e. The topological polar surface area (TPSA) is 89.1 Å². The van der Waals surface area contributed by atoms with Crippen molar-refractivity contribution >= 4 is 17.0 Å². The van der Waals surface area contributed by atoms with Gasteiger partial charge in [0.25, 0.3) is 0 Å². The van der Waals surface area contributed by atoms with Crippen molar-refractivity contribution in [2.75, 3.05) is 7.11 Å². The second kappa shape index (κ2) is 7.79. The molecule has 166 valence electrons. The zero-order valence-corrected chi connectivity index (χ0v) is 18.8. The molecule has 0 atom stereocenters. The zero-order chi connectivity index (χ0) is 23.2. The van der Waals surface area contributed by atoms with Crippen molar-refractivity contribution < 1.29 is 24.1 Å². The van der Waals surface area contributed by atoms with Crippen LogP contribution < -0.4 is 14.9 Å². The predicted molar refractivity (Wildman–Crippen MR) is 125 cm³/mol. The number of hydrogen-bond acceptors (Lipinski definition) is 6. The molecule has 6 nitrogen and oxygen atoms in total. The van der Waals surface area contributed by atoms with Crippen molar-refractivity contribution in [1.29, 1.82) is 0 Å². The smallest absolute Gasteiger partial charge is 0.200 e. The second-order valence-corrected chi connectivity index (χ2v) is 8.66. The molecule has 0 fully saturated rings. The van der Waals surface area contributed by atoms with Gasteiger partial charge in [0.1, 0.15) is 45.3 Å². The average molecular weight is 434 g/mol. The molecular formula is C26H26O6. The quantitative estimate of drug-likeness (QED) is 0.522. The highest BCUT2D eigenvalue weighted by Crippen LogP contribution is 2.44. The maximum atomic E-state index is 13.8. The van der Waals surface area contributed by atoms with Crippen LogP contribution in [-0.4, -0.2) is 22.9 Å². The molecule has 6 heteroatoms. The van der Waals surface area contributed by atoms with Crippen molar-refractivity contribution in [3.63, 3.8) is 0 Å². The van der Waals surface area contributed by atoms with Crippen molar-refractivity contribution in [2.45, 2.75) is 39.7 Å². The summed E-state index contributed by atoms with van der Waals surface area (Å²) < 4.78 is 18.0. The summed E-state index contributed by atoms with van der Waals surface area (Å²) in [5, 5.41) is 20.5. The number of benzene rings is 2. The first-order chi connectivity index (χ1) is 15.1. The molecule has 0 spiro atoms. The molecule has 3 aromatic rings. The molecule has 2 heterocycles. The summed E-state index contributed by atoms with van der Waals surface area (Å²) in [5.74, 6) is 0.903. The monoisotopic (exact) mass is 434 g/mol. The summed E-state index contributed by atoms with van der Waals surface area (Å²) in [6.07, 6.45) is 6.06. The van der Waals surface area contributed by atoms with Gasteiger partial charge in [-0.15, -0.1) is 0 Å². The molecule has 4 rings (SSSR count). The van der Waals surface area contributed by atoms with Crippen LogP contribution in [0, 0.1) is 0 Å². The van der Waals surface area contributed by atoms with E-state index in [1.54, 1.807) is 13.2 Å². The maximum Gasteiger partial charge on any atom is 0.200 e. The van der Waals surface area contributed by atoms with E-state index in [9.17, 15) is 15.0 Å². The van der Waals surface area contributed by atoms with Gasteiger partial charge in [-0.25, -0.2) is 0 Å². The van der Waals surface area contributed by atoms with E-state index >= 15 is 0 Å². The Morgan fingerprint density at radius 3 is 2.59 bits per heavy atom. The Morgan fingerprint density at radius 2 is 1.94 bits per heavy atom. The summed E-state index contributed by atoms with van der Waals surface area (Å²) in [7, 11) is 1.54. The molecule has 0 radical (unpaired) electrons. The molecule has 32 heavy (non-hydrogen) atoms. The molecule has 1 aromatic heterocycles. The molecule has 1 aliphatic rings. The van der Waals surface area contributed by atoms with Gasteiger partial charge in [0.05, 0.1) is 18.2 Å². The van der Waals surface area contributed by atoms with Crippen molar-refractivity contribution in [2.24, 2.45) is 0 Å². The number of hydrogen-bond donors (Lipinski definition) is 2. The number of methoxy groups -OCH3 is 1. The van der Waals surface area contributed by atoms with Gasteiger partial charge in [-0.1, -0.05) is 11.6 Å². The fourth-order valence-corrected chi connectivity index (χ4v) is 3.78. The van der Waals surface area contributed by atoms with Crippen LogP contribution in [0.5, 0.6) is 23.0 Å². The molecule has 2 N–H and O–H groups in total.